The molecule has 0 fully saturated rings. The van der Waals surface area contributed by atoms with Crippen molar-refractivity contribution in [3.05, 3.63) is 24.3 Å². The van der Waals surface area contributed by atoms with Gasteiger partial charge in [-0.05, 0) is 32.1 Å². The first-order chi connectivity index (χ1) is 9.81. The van der Waals surface area contributed by atoms with Gasteiger partial charge in [0.2, 0.25) is 0 Å². The van der Waals surface area contributed by atoms with Crippen LogP contribution in [0.5, 0.6) is 0 Å². The monoisotopic (exact) mass is 281 g/mol. The molecule has 3 N–H and O–H groups in total. The van der Waals surface area contributed by atoms with Crippen LogP contribution < -0.4 is 5.73 Å². The highest BCUT2D eigenvalue weighted by molar-refractivity contribution is 4.90. The SMILES string of the molecule is CCC/C=C\CCCCCCCCC/C=C\[C@@H](N)CO. The van der Waals surface area contributed by atoms with Crippen molar-refractivity contribution in [2.45, 2.75) is 83.6 Å². The summed E-state index contributed by atoms with van der Waals surface area (Å²) in [6.07, 6.45) is 22.9. The summed E-state index contributed by atoms with van der Waals surface area (Å²) in [5.74, 6) is 0. The van der Waals surface area contributed by atoms with Gasteiger partial charge in [0.05, 0.1) is 6.61 Å². The van der Waals surface area contributed by atoms with Gasteiger partial charge in [0.15, 0.2) is 0 Å². The predicted octanol–water partition coefficient (Wildman–Crippen LogP) is 4.73. The van der Waals surface area contributed by atoms with E-state index in [2.05, 4.69) is 25.2 Å². The van der Waals surface area contributed by atoms with E-state index < -0.39 is 0 Å². The van der Waals surface area contributed by atoms with E-state index in [1.165, 1.54) is 64.2 Å². The zero-order valence-corrected chi connectivity index (χ0v) is 13.4. The maximum Gasteiger partial charge on any atom is 0.0618 e. The Labute approximate surface area is 126 Å². The molecule has 0 unspecified atom stereocenters. The second kappa shape index (κ2) is 16.5. The van der Waals surface area contributed by atoms with Crippen LogP contribution in [0.4, 0.5) is 0 Å². The molecule has 0 saturated heterocycles. The van der Waals surface area contributed by atoms with Crippen molar-refractivity contribution >= 4 is 0 Å². The molecule has 0 aliphatic carbocycles. The maximum atomic E-state index is 8.76. The molecule has 0 aromatic rings. The molecule has 2 heteroatoms. The molecular weight excluding hydrogens is 246 g/mol. The normalized spacial score (nSPS) is 13.6. The minimum atomic E-state index is -0.179. The van der Waals surface area contributed by atoms with E-state index in [4.69, 9.17) is 10.8 Å². The minimum Gasteiger partial charge on any atom is -0.394 e. The molecule has 20 heavy (non-hydrogen) atoms. The lowest BCUT2D eigenvalue weighted by atomic mass is 10.1. The second-order valence-corrected chi connectivity index (χ2v) is 5.59. The van der Waals surface area contributed by atoms with Crippen LogP contribution in [-0.2, 0) is 0 Å². The van der Waals surface area contributed by atoms with Crippen LogP contribution in [0, 0.1) is 0 Å². The van der Waals surface area contributed by atoms with E-state index in [9.17, 15) is 0 Å². The quantitative estimate of drug-likeness (QED) is 0.357. The number of hydrogen-bond donors (Lipinski definition) is 2. The summed E-state index contributed by atoms with van der Waals surface area (Å²) in [5.41, 5.74) is 5.58. The molecule has 0 aliphatic rings. The zero-order valence-electron chi connectivity index (χ0n) is 13.4. The van der Waals surface area contributed by atoms with Gasteiger partial charge in [0.25, 0.3) is 0 Å². The number of unbranched alkanes of at least 4 members (excludes halogenated alkanes) is 9. The Morgan fingerprint density at radius 3 is 1.85 bits per heavy atom. The summed E-state index contributed by atoms with van der Waals surface area (Å²) >= 11 is 0. The summed E-state index contributed by atoms with van der Waals surface area (Å²) < 4.78 is 0. The van der Waals surface area contributed by atoms with Crippen molar-refractivity contribution in [3.63, 3.8) is 0 Å². The molecule has 0 amide bonds. The summed E-state index contributed by atoms with van der Waals surface area (Å²) in [6.45, 7) is 2.27. The molecule has 0 aliphatic heterocycles. The summed E-state index contributed by atoms with van der Waals surface area (Å²) in [4.78, 5) is 0. The van der Waals surface area contributed by atoms with Crippen molar-refractivity contribution in [3.8, 4) is 0 Å². The Kier molecular flexibility index (Phi) is 16.0. The van der Waals surface area contributed by atoms with Gasteiger partial charge in [-0.25, -0.2) is 0 Å². The van der Waals surface area contributed by atoms with Crippen LogP contribution in [0.1, 0.15) is 77.6 Å². The van der Waals surface area contributed by atoms with Crippen molar-refractivity contribution in [1.29, 1.82) is 0 Å². The second-order valence-electron chi connectivity index (χ2n) is 5.59. The van der Waals surface area contributed by atoms with Crippen LogP contribution in [0.2, 0.25) is 0 Å². The van der Waals surface area contributed by atoms with Gasteiger partial charge in [0.1, 0.15) is 0 Å². The lowest BCUT2D eigenvalue weighted by Crippen LogP contribution is -2.20. The summed E-state index contributed by atoms with van der Waals surface area (Å²) in [7, 11) is 0. The van der Waals surface area contributed by atoms with E-state index in [0.29, 0.717) is 0 Å². The third-order valence-electron chi connectivity index (χ3n) is 3.46. The summed E-state index contributed by atoms with van der Waals surface area (Å²) in [5, 5.41) is 8.76. The fourth-order valence-electron chi connectivity index (χ4n) is 2.14. The smallest absolute Gasteiger partial charge is 0.0618 e. The van der Waals surface area contributed by atoms with Crippen molar-refractivity contribution < 1.29 is 5.11 Å². The highest BCUT2D eigenvalue weighted by Gasteiger charge is 1.93. The van der Waals surface area contributed by atoms with E-state index >= 15 is 0 Å². The average Bonchev–Trinajstić information content (AvgIpc) is 2.47. The Bertz CT molecular complexity index is 236. The third kappa shape index (κ3) is 15.5. The van der Waals surface area contributed by atoms with Crippen LogP contribution in [-0.4, -0.2) is 17.8 Å². The first-order valence-electron chi connectivity index (χ1n) is 8.49. The lowest BCUT2D eigenvalue weighted by molar-refractivity contribution is 0.284. The van der Waals surface area contributed by atoms with Crippen LogP contribution in [0.15, 0.2) is 24.3 Å². The molecule has 0 heterocycles. The predicted molar refractivity (Wildman–Crippen MR) is 89.8 cm³/mol. The number of aliphatic hydroxyl groups excluding tert-OH is 1. The zero-order chi connectivity index (χ0) is 14.9. The third-order valence-corrected chi connectivity index (χ3v) is 3.46. The molecule has 0 saturated carbocycles. The average molecular weight is 281 g/mol. The molecule has 0 radical (unpaired) electrons. The molecular formula is C18H35NO. The van der Waals surface area contributed by atoms with Crippen molar-refractivity contribution in [2.24, 2.45) is 5.73 Å². The Hall–Kier alpha value is -0.600. The lowest BCUT2D eigenvalue weighted by Gasteiger charge is -2.01. The van der Waals surface area contributed by atoms with E-state index in [1.807, 2.05) is 6.08 Å². The molecule has 0 bridgehead atoms. The minimum absolute atomic E-state index is 0.0458. The fraction of sp³-hybridized carbons (Fsp3) is 0.778. The molecule has 2 nitrogen and oxygen atoms in total. The number of hydrogen-bond acceptors (Lipinski definition) is 2. The Morgan fingerprint density at radius 2 is 1.30 bits per heavy atom. The van der Waals surface area contributed by atoms with E-state index in [0.717, 1.165) is 6.42 Å². The number of aliphatic hydroxyl groups is 1. The van der Waals surface area contributed by atoms with Gasteiger partial charge >= 0.3 is 0 Å². The molecule has 118 valence electrons. The van der Waals surface area contributed by atoms with Crippen LogP contribution in [0.3, 0.4) is 0 Å². The van der Waals surface area contributed by atoms with Crippen LogP contribution >= 0.6 is 0 Å². The van der Waals surface area contributed by atoms with Gasteiger partial charge in [-0.15, -0.1) is 0 Å². The van der Waals surface area contributed by atoms with Crippen molar-refractivity contribution in [2.75, 3.05) is 6.61 Å². The van der Waals surface area contributed by atoms with Gasteiger partial charge < -0.3 is 10.8 Å². The van der Waals surface area contributed by atoms with E-state index in [-0.39, 0.29) is 12.6 Å². The largest absolute Gasteiger partial charge is 0.394 e. The standard InChI is InChI=1S/C18H35NO/c1-2-3-4-5-6-7-8-9-10-11-12-13-14-15-16-18(19)17-20/h4-5,15-16,18,20H,2-3,6-14,17,19H2,1H3/b5-4-,16-15-/t18-/m1/s1. The molecule has 1 atom stereocenters. The molecule has 0 spiro atoms. The number of allylic oxidation sites excluding steroid dienone is 3. The maximum absolute atomic E-state index is 8.76. The number of nitrogens with two attached hydrogens (primary N) is 1. The Balaban J connectivity index is 3.11. The van der Waals surface area contributed by atoms with Gasteiger partial charge in [-0.3, -0.25) is 0 Å². The van der Waals surface area contributed by atoms with Gasteiger partial charge in [-0.1, -0.05) is 69.8 Å². The van der Waals surface area contributed by atoms with Gasteiger partial charge in [0, 0.05) is 6.04 Å². The van der Waals surface area contributed by atoms with Gasteiger partial charge in [-0.2, -0.15) is 0 Å². The Morgan fingerprint density at radius 1 is 0.800 bits per heavy atom. The van der Waals surface area contributed by atoms with E-state index in [1.54, 1.807) is 0 Å². The highest BCUT2D eigenvalue weighted by Crippen LogP contribution is 2.10. The first-order valence-corrected chi connectivity index (χ1v) is 8.49. The first kappa shape index (κ1) is 19.4. The summed E-state index contributed by atoms with van der Waals surface area (Å²) in [6, 6.07) is -0.179. The fourth-order valence-corrected chi connectivity index (χ4v) is 2.14. The molecule has 0 aromatic heterocycles. The topological polar surface area (TPSA) is 46.2 Å². The molecule has 0 rings (SSSR count). The molecule has 0 aromatic carbocycles. The highest BCUT2D eigenvalue weighted by atomic mass is 16.3. The van der Waals surface area contributed by atoms with Crippen molar-refractivity contribution in [1.82, 2.24) is 0 Å². The van der Waals surface area contributed by atoms with Crippen LogP contribution in [0.25, 0.3) is 0 Å². The number of rotatable bonds is 14.